The van der Waals surface area contributed by atoms with Crippen molar-refractivity contribution in [3.05, 3.63) is 58.6 Å². The van der Waals surface area contributed by atoms with Gasteiger partial charge in [0.05, 0.1) is 6.04 Å². The number of amides is 2. The average Bonchev–Trinajstić information content (AvgIpc) is 2.48. The predicted octanol–water partition coefficient (Wildman–Crippen LogP) is 5.01. The van der Waals surface area contributed by atoms with Crippen LogP contribution in [0.2, 0.25) is 5.02 Å². The minimum atomic E-state index is -0.187. The summed E-state index contributed by atoms with van der Waals surface area (Å²) >= 11 is 7.89. The Hall–Kier alpha value is -1.65. The summed E-state index contributed by atoms with van der Waals surface area (Å²) in [6.45, 7) is 2.00. The lowest BCUT2D eigenvalue weighted by Gasteiger charge is -2.26. The van der Waals surface area contributed by atoms with Crippen molar-refractivity contribution in [3.8, 4) is 0 Å². The molecule has 2 amide bonds. The molecule has 0 saturated heterocycles. The van der Waals surface area contributed by atoms with E-state index in [-0.39, 0.29) is 12.1 Å². The molecule has 1 heterocycles. The molecule has 3 rings (SSSR count). The third kappa shape index (κ3) is 3.57. The Morgan fingerprint density at radius 1 is 1.27 bits per heavy atom. The molecule has 1 unspecified atom stereocenters. The summed E-state index contributed by atoms with van der Waals surface area (Å²) < 4.78 is 0. The maximum absolute atomic E-state index is 12.2. The Morgan fingerprint density at radius 2 is 2.14 bits per heavy atom. The van der Waals surface area contributed by atoms with Gasteiger partial charge >= 0.3 is 6.03 Å². The first kappa shape index (κ1) is 15.3. The van der Waals surface area contributed by atoms with E-state index in [4.69, 9.17) is 11.6 Å². The number of anilines is 1. The van der Waals surface area contributed by atoms with Crippen molar-refractivity contribution >= 4 is 35.1 Å². The van der Waals surface area contributed by atoms with Gasteiger partial charge in [0.15, 0.2) is 0 Å². The van der Waals surface area contributed by atoms with Gasteiger partial charge in [-0.05, 0) is 54.8 Å². The van der Waals surface area contributed by atoms with Crippen LogP contribution in [-0.4, -0.2) is 11.8 Å². The van der Waals surface area contributed by atoms with Crippen molar-refractivity contribution < 1.29 is 4.79 Å². The van der Waals surface area contributed by atoms with Crippen molar-refractivity contribution in [2.24, 2.45) is 0 Å². The van der Waals surface area contributed by atoms with Crippen LogP contribution in [0.5, 0.6) is 0 Å². The van der Waals surface area contributed by atoms with Crippen LogP contribution in [0.25, 0.3) is 0 Å². The highest BCUT2D eigenvalue weighted by atomic mass is 35.5. The standard InChI is InChI=1S/C17H17ClN2OS/c1-11-3-2-4-13(9-11)19-17(21)20-15-7-8-22-16-6-5-12(18)10-14(15)16/h2-6,9-10,15H,7-8H2,1H3,(H2,19,20,21). The number of hydrogen-bond acceptors (Lipinski definition) is 2. The van der Waals surface area contributed by atoms with Crippen LogP contribution < -0.4 is 10.6 Å². The number of rotatable bonds is 2. The maximum atomic E-state index is 12.2. The first-order valence-electron chi connectivity index (χ1n) is 7.18. The van der Waals surface area contributed by atoms with Crippen molar-refractivity contribution in [3.63, 3.8) is 0 Å². The number of hydrogen-bond donors (Lipinski definition) is 2. The first-order chi connectivity index (χ1) is 10.6. The molecule has 1 atom stereocenters. The second-order valence-electron chi connectivity index (χ2n) is 5.34. The molecule has 1 aliphatic rings. The van der Waals surface area contributed by atoms with E-state index in [0.29, 0.717) is 5.02 Å². The summed E-state index contributed by atoms with van der Waals surface area (Å²) in [5.41, 5.74) is 3.01. The largest absolute Gasteiger partial charge is 0.331 e. The average molecular weight is 333 g/mol. The molecule has 1 aliphatic heterocycles. The molecule has 2 aromatic rings. The Kier molecular flexibility index (Phi) is 4.60. The predicted molar refractivity (Wildman–Crippen MR) is 92.9 cm³/mol. The molecular formula is C17H17ClN2OS. The third-order valence-corrected chi connectivity index (χ3v) is 4.95. The van der Waals surface area contributed by atoms with Crippen molar-refractivity contribution in [1.29, 1.82) is 0 Å². The molecule has 2 aromatic carbocycles. The molecule has 0 spiro atoms. The molecule has 0 fully saturated rings. The molecule has 0 aliphatic carbocycles. The zero-order chi connectivity index (χ0) is 15.5. The molecule has 114 valence electrons. The lowest BCUT2D eigenvalue weighted by molar-refractivity contribution is 0.248. The van der Waals surface area contributed by atoms with Gasteiger partial charge in [-0.1, -0.05) is 23.7 Å². The van der Waals surface area contributed by atoms with E-state index in [1.807, 2.05) is 49.4 Å². The lowest BCUT2D eigenvalue weighted by atomic mass is 10.0. The molecule has 0 bridgehead atoms. The normalized spacial score (nSPS) is 16.7. The van der Waals surface area contributed by atoms with E-state index in [1.165, 1.54) is 4.90 Å². The Bertz CT molecular complexity index is 705. The number of thioether (sulfide) groups is 1. The second-order valence-corrected chi connectivity index (χ2v) is 6.91. The van der Waals surface area contributed by atoms with Gasteiger partial charge in [-0.15, -0.1) is 11.8 Å². The fourth-order valence-electron chi connectivity index (χ4n) is 2.56. The number of fused-ring (bicyclic) bond motifs is 1. The van der Waals surface area contributed by atoms with Gasteiger partial charge in [0.25, 0.3) is 0 Å². The highest BCUT2D eigenvalue weighted by Crippen LogP contribution is 2.37. The summed E-state index contributed by atoms with van der Waals surface area (Å²) in [6.07, 6.45) is 0.902. The van der Waals surface area contributed by atoms with Crippen LogP contribution in [-0.2, 0) is 0 Å². The number of urea groups is 1. The highest BCUT2D eigenvalue weighted by molar-refractivity contribution is 7.99. The molecule has 0 saturated carbocycles. The molecule has 0 aromatic heterocycles. The van der Waals surface area contributed by atoms with Gasteiger partial charge in [0.1, 0.15) is 0 Å². The van der Waals surface area contributed by atoms with Crippen LogP contribution in [0.1, 0.15) is 23.6 Å². The SMILES string of the molecule is Cc1cccc(NC(=O)NC2CCSc3ccc(Cl)cc32)c1. The summed E-state index contributed by atoms with van der Waals surface area (Å²) in [6, 6.07) is 13.4. The van der Waals surface area contributed by atoms with Gasteiger partial charge in [-0.25, -0.2) is 4.79 Å². The molecule has 3 nitrogen and oxygen atoms in total. The summed E-state index contributed by atoms with van der Waals surface area (Å²) in [7, 11) is 0. The van der Waals surface area contributed by atoms with Crippen LogP contribution in [0.3, 0.4) is 0 Å². The smallest absolute Gasteiger partial charge is 0.319 e. The van der Waals surface area contributed by atoms with Gasteiger partial charge in [-0.2, -0.15) is 0 Å². The zero-order valence-electron chi connectivity index (χ0n) is 12.2. The summed E-state index contributed by atoms with van der Waals surface area (Å²) in [4.78, 5) is 13.4. The Balaban J connectivity index is 1.71. The van der Waals surface area contributed by atoms with E-state index >= 15 is 0 Å². The first-order valence-corrected chi connectivity index (χ1v) is 8.54. The number of halogens is 1. The van der Waals surface area contributed by atoms with E-state index < -0.39 is 0 Å². The summed E-state index contributed by atoms with van der Waals surface area (Å²) in [5.74, 6) is 0.990. The number of aryl methyl sites for hydroxylation is 1. The number of carbonyl (C=O) groups excluding carboxylic acids is 1. The monoisotopic (exact) mass is 332 g/mol. The van der Waals surface area contributed by atoms with Gasteiger partial charge < -0.3 is 10.6 Å². The van der Waals surface area contributed by atoms with Gasteiger partial charge in [-0.3, -0.25) is 0 Å². The lowest BCUT2D eigenvalue weighted by Crippen LogP contribution is -2.34. The highest BCUT2D eigenvalue weighted by Gasteiger charge is 2.22. The Labute approximate surface area is 139 Å². The minimum absolute atomic E-state index is 0.000223. The quantitative estimate of drug-likeness (QED) is 0.811. The van der Waals surface area contributed by atoms with Crippen molar-refractivity contribution in [2.75, 3.05) is 11.1 Å². The van der Waals surface area contributed by atoms with Crippen molar-refractivity contribution in [2.45, 2.75) is 24.3 Å². The molecule has 0 radical (unpaired) electrons. The summed E-state index contributed by atoms with van der Waals surface area (Å²) in [5, 5.41) is 6.63. The third-order valence-electron chi connectivity index (χ3n) is 3.59. The fourth-order valence-corrected chi connectivity index (χ4v) is 3.85. The van der Waals surface area contributed by atoms with E-state index in [2.05, 4.69) is 10.6 Å². The topological polar surface area (TPSA) is 41.1 Å². The molecule has 22 heavy (non-hydrogen) atoms. The van der Waals surface area contributed by atoms with Crippen LogP contribution in [0.4, 0.5) is 10.5 Å². The minimum Gasteiger partial charge on any atom is -0.331 e. The second kappa shape index (κ2) is 6.63. The molecule has 2 N–H and O–H groups in total. The number of carbonyl (C=O) groups is 1. The van der Waals surface area contributed by atoms with E-state index in [0.717, 1.165) is 29.0 Å². The fraction of sp³-hybridized carbons (Fsp3) is 0.235. The van der Waals surface area contributed by atoms with Crippen LogP contribution >= 0.6 is 23.4 Å². The zero-order valence-corrected chi connectivity index (χ0v) is 13.8. The Morgan fingerprint density at radius 3 is 2.95 bits per heavy atom. The van der Waals surface area contributed by atoms with Crippen LogP contribution in [0, 0.1) is 6.92 Å². The number of benzene rings is 2. The number of nitrogens with one attached hydrogen (secondary N) is 2. The van der Waals surface area contributed by atoms with E-state index in [9.17, 15) is 4.79 Å². The molecule has 5 heteroatoms. The van der Waals surface area contributed by atoms with Gasteiger partial charge in [0, 0.05) is 21.4 Å². The van der Waals surface area contributed by atoms with E-state index in [1.54, 1.807) is 11.8 Å². The maximum Gasteiger partial charge on any atom is 0.319 e. The van der Waals surface area contributed by atoms with Crippen molar-refractivity contribution in [1.82, 2.24) is 5.32 Å². The van der Waals surface area contributed by atoms with Gasteiger partial charge in [0.2, 0.25) is 0 Å². The van der Waals surface area contributed by atoms with Crippen LogP contribution in [0.15, 0.2) is 47.4 Å². The molecular weight excluding hydrogens is 316 g/mol.